The van der Waals surface area contributed by atoms with E-state index in [9.17, 15) is 22.4 Å². The summed E-state index contributed by atoms with van der Waals surface area (Å²) in [5, 5.41) is 0. The Hall–Kier alpha value is -2.78. The number of methoxy groups -OCH3 is 1. The molecule has 0 N–H and O–H groups in total. The van der Waals surface area contributed by atoms with Gasteiger partial charge >= 0.3 is 5.97 Å². The summed E-state index contributed by atoms with van der Waals surface area (Å²) < 4.78 is 51.5. The lowest BCUT2D eigenvalue weighted by Gasteiger charge is -2.21. The molecule has 0 spiro atoms. The van der Waals surface area contributed by atoms with E-state index in [1.165, 1.54) is 56.5 Å². The highest BCUT2D eigenvalue weighted by atomic mass is 32.2. The third-order valence-electron chi connectivity index (χ3n) is 4.69. The Morgan fingerprint density at radius 1 is 1.10 bits per heavy atom. The van der Waals surface area contributed by atoms with Crippen LogP contribution in [0.2, 0.25) is 0 Å². The van der Waals surface area contributed by atoms with Gasteiger partial charge in [0.2, 0.25) is 10.0 Å². The molecule has 1 aliphatic heterocycles. The van der Waals surface area contributed by atoms with Crippen LogP contribution < -0.4 is 4.74 Å². The first kappa shape index (κ1) is 20.9. The molecule has 1 saturated heterocycles. The van der Waals surface area contributed by atoms with Crippen LogP contribution in [0.15, 0.2) is 53.4 Å². The van der Waals surface area contributed by atoms with Gasteiger partial charge in [0.1, 0.15) is 12.1 Å². The summed E-state index contributed by atoms with van der Waals surface area (Å²) in [6, 6.07) is 10.1. The number of Topliss-reactive ketones (excluding diaryl/α,β-unsaturated/α-hetero) is 1. The number of benzene rings is 2. The van der Waals surface area contributed by atoms with Gasteiger partial charge in [0.25, 0.3) is 0 Å². The van der Waals surface area contributed by atoms with Crippen LogP contribution in [0.4, 0.5) is 4.39 Å². The van der Waals surface area contributed by atoms with E-state index in [1.54, 1.807) is 6.07 Å². The fourth-order valence-corrected chi connectivity index (χ4v) is 4.81. The molecule has 1 fully saturated rings. The largest absolute Gasteiger partial charge is 0.486 e. The number of halogens is 1. The molecule has 0 amide bonds. The number of hydrogen-bond donors (Lipinski definition) is 0. The summed E-state index contributed by atoms with van der Waals surface area (Å²) >= 11 is 0. The van der Waals surface area contributed by atoms with Crippen LogP contribution in [0.5, 0.6) is 5.75 Å². The van der Waals surface area contributed by atoms with Crippen molar-refractivity contribution >= 4 is 21.8 Å². The first-order valence-electron chi connectivity index (χ1n) is 8.86. The molecule has 1 aliphatic rings. The number of esters is 1. The van der Waals surface area contributed by atoms with E-state index in [0.717, 1.165) is 4.31 Å². The number of carbonyl (C=O) groups is 2. The van der Waals surface area contributed by atoms with Crippen molar-refractivity contribution in [3.05, 3.63) is 59.9 Å². The summed E-state index contributed by atoms with van der Waals surface area (Å²) in [6.07, 6.45) is -0.714. The van der Waals surface area contributed by atoms with Crippen molar-refractivity contribution in [1.29, 1.82) is 0 Å². The molecule has 2 unspecified atom stereocenters. The number of rotatable bonds is 6. The van der Waals surface area contributed by atoms with Crippen LogP contribution in [0.3, 0.4) is 0 Å². The number of carbonyl (C=O) groups excluding carboxylic acids is 2. The van der Waals surface area contributed by atoms with Crippen molar-refractivity contribution in [3.8, 4) is 5.75 Å². The Balaban J connectivity index is 1.89. The van der Waals surface area contributed by atoms with Crippen LogP contribution in [-0.2, 0) is 19.6 Å². The highest BCUT2D eigenvalue weighted by Gasteiger charge is 2.45. The Morgan fingerprint density at radius 2 is 1.76 bits per heavy atom. The van der Waals surface area contributed by atoms with Crippen molar-refractivity contribution in [2.45, 2.75) is 30.4 Å². The summed E-state index contributed by atoms with van der Waals surface area (Å²) in [6.45, 7) is 1.23. The van der Waals surface area contributed by atoms with E-state index >= 15 is 0 Å². The molecule has 9 heteroatoms. The van der Waals surface area contributed by atoms with Gasteiger partial charge < -0.3 is 9.47 Å². The van der Waals surface area contributed by atoms with Crippen molar-refractivity contribution in [2.75, 3.05) is 13.7 Å². The fraction of sp³-hybridized carbons (Fsp3) is 0.300. The van der Waals surface area contributed by atoms with E-state index in [1.807, 2.05) is 0 Å². The zero-order valence-electron chi connectivity index (χ0n) is 15.9. The van der Waals surface area contributed by atoms with Crippen molar-refractivity contribution in [1.82, 2.24) is 4.31 Å². The van der Waals surface area contributed by atoms with Gasteiger partial charge in [0.05, 0.1) is 18.6 Å². The van der Waals surface area contributed by atoms with Gasteiger partial charge in [-0.2, -0.15) is 4.31 Å². The zero-order valence-corrected chi connectivity index (χ0v) is 16.7. The molecule has 0 radical (unpaired) electrons. The van der Waals surface area contributed by atoms with Gasteiger partial charge in [-0.1, -0.05) is 24.3 Å². The second-order valence-corrected chi connectivity index (χ2v) is 8.49. The SMILES string of the molecule is COC(=O)C1CC(Oc2ccccc2F)CN1S(=O)(=O)c1ccc(C(C)=O)cc1. The average Bonchev–Trinajstić information content (AvgIpc) is 3.14. The monoisotopic (exact) mass is 421 g/mol. The smallest absolute Gasteiger partial charge is 0.324 e. The minimum atomic E-state index is -4.07. The van der Waals surface area contributed by atoms with E-state index < -0.39 is 34.0 Å². The molecule has 29 heavy (non-hydrogen) atoms. The number of para-hydroxylation sites is 1. The lowest BCUT2D eigenvalue weighted by Crippen LogP contribution is -2.41. The number of nitrogens with zero attached hydrogens (tertiary/aromatic N) is 1. The standard InChI is InChI=1S/C20H20FNO6S/c1-13(23)14-7-9-16(10-8-14)29(25,26)22-12-15(11-18(22)20(24)27-2)28-19-6-4-3-5-17(19)21/h3-10,15,18H,11-12H2,1-2H3. The molecule has 0 bridgehead atoms. The first-order valence-corrected chi connectivity index (χ1v) is 10.3. The first-order chi connectivity index (χ1) is 13.7. The van der Waals surface area contributed by atoms with Crippen LogP contribution in [0.25, 0.3) is 0 Å². The van der Waals surface area contributed by atoms with Crippen molar-refractivity contribution in [2.24, 2.45) is 0 Å². The maximum atomic E-state index is 13.9. The van der Waals surface area contributed by atoms with E-state index in [-0.39, 0.29) is 29.4 Å². The minimum absolute atomic E-state index is 0.0196. The van der Waals surface area contributed by atoms with Crippen molar-refractivity contribution in [3.63, 3.8) is 0 Å². The van der Waals surface area contributed by atoms with E-state index in [0.29, 0.717) is 5.56 Å². The van der Waals surface area contributed by atoms with Gasteiger partial charge in [0.15, 0.2) is 17.3 Å². The summed E-state index contributed by atoms with van der Waals surface area (Å²) in [5.74, 6) is -1.52. The molecule has 0 aromatic heterocycles. The Morgan fingerprint density at radius 3 is 2.34 bits per heavy atom. The Bertz CT molecular complexity index is 1020. The highest BCUT2D eigenvalue weighted by Crippen LogP contribution is 2.30. The van der Waals surface area contributed by atoms with E-state index in [4.69, 9.17) is 9.47 Å². The molecular weight excluding hydrogens is 401 g/mol. The maximum Gasteiger partial charge on any atom is 0.324 e. The number of ether oxygens (including phenoxy) is 2. The zero-order chi connectivity index (χ0) is 21.2. The molecule has 1 heterocycles. The third kappa shape index (κ3) is 4.30. The molecule has 154 valence electrons. The van der Waals surface area contributed by atoms with Gasteiger partial charge in [-0.3, -0.25) is 9.59 Å². The van der Waals surface area contributed by atoms with Crippen LogP contribution in [0, 0.1) is 5.82 Å². The average molecular weight is 421 g/mol. The normalized spacial score (nSPS) is 19.7. The second kappa shape index (κ2) is 8.30. The number of sulfonamides is 1. The predicted molar refractivity (Wildman–Crippen MR) is 102 cm³/mol. The van der Waals surface area contributed by atoms with E-state index in [2.05, 4.69) is 0 Å². The predicted octanol–water partition coefficient (Wildman–Crippen LogP) is 2.41. The number of ketones is 1. The quantitative estimate of drug-likeness (QED) is 0.526. The molecule has 2 atom stereocenters. The maximum absolute atomic E-state index is 13.9. The molecular formula is C20H20FNO6S. The summed E-state index contributed by atoms with van der Waals surface area (Å²) in [7, 11) is -2.91. The summed E-state index contributed by atoms with van der Waals surface area (Å²) in [4.78, 5) is 23.6. The lowest BCUT2D eigenvalue weighted by atomic mass is 10.2. The minimum Gasteiger partial charge on any atom is -0.486 e. The molecule has 2 aromatic carbocycles. The van der Waals surface area contributed by atoms with Gasteiger partial charge in [0, 0.05) is 12.0 Å². The molecule has 2 aromatic rings. The Labute approximate surface area is 168 Å². The van der Waals surface area contributed by atoms with Gasteiger partial charge in [-0.15, -0.1) is 0 Å². The van der Waals surface area contributed by atoms with Crippen molar-refractivity contribution < 1.29 is 31.9 Å². The Kier molecular flexibility index (Phi) is 5.99. The highest BCUT2D eigenvalue weighted by molar-refractivity contribution is 7.89. The van der Waals surface area contributed by atoms with Gasteiger partial charge in [-0.25, -0.2) is 12.8 Å². The molecule has 7 nitrogen and oxygen atoms in total. The number of hydrogen-bond acceptors (Lipinski definition) is 6. The molecule has 0 aliphatic carbocycles. The topological polar surface area (TPSA) is 90.0 Å². The molecule has 3 rings (SSSR count). The third-order valence-corrected chi connectivity index (χ3v) is 6.58. The molecule has 0 saturated carbocycles. The second-order valence-electron chi connectivity index (χ2n) is 6.60. The summed E-state index contributed by atoms with van der Waals surface area (Å²) in [5.41, 5.74) is 0.371. The van der Waals surface area contributed by atoms with Crippen LogP contribution in [-0.4, -0.2) is 50.3 Å². The lowest BCUT2D eigenvalue weighted by molar-refractivity contribution is -0.144. The fourth-order valence-electron chi connectivity index (χ4n) is 3.19. The van der Waals surface area contributed by atoms with Crippen LogP contribution >= 0.6 is 0 Å². The van der Waals surface area contributed by atoms with Gasteiger partial charge in [-0.05, 0) is 31.2 Å². The van der Waals surface area contributed by atoms with Crippen LogP contribution in [0.1, 0.15) is 23.7 Å².